The Bertz CT molecular complexity index is 278. The number of esters is 2. The lowest BCUT2D eigenvalue weighted by molar-refractivity contribution is -0.156. The van der Waals surface area contributed by atoms with Crippen LogP contribution in [0.15, 0.2) is 0 Å². The van der Waals surface area contributed by atoms with Crippen LogP contribution >= 0.6 is 0 Å². The van der Waals surface area contributed by atoms with E-state index in [0.717, 1.165) is 13.1 Å². The highest BCUT2D eigenvalue weighted by Crippen LogP contribution is 2.63. The van der Waals surface area contributed by atoms with Crippen LogP contribution in [0.3, 0.4) is 0 Å². The molecular weight excluding hydrogens is 162 g/mol. The van der Waals surface area contributed by atoms with Gasteiger partial charge in [-0.25, -0.2) is 9.59 Å². The predicted molar refractivity (Wildman–Crippen MR) is 34.8 cm³/mol. The van der Waals surface area contributed by atoms with Crippen molar-refractivity contribution in [2.24, 2.45) is 5.41 Å². The molecule has 0 radical (unpaired) electrons. The Morgan fingerprint density at radius 2 is 1.75 bits per heavy atom. The average Bonchev–Trinajstić information content (AvgIpc) is 2.48. The summed E-state index contributed by atoms with van der Waals surface area (Å²) in [5.41, 5.74) is -0.0885. The second kappa shape index (κ2) is 1.50. The second-order valence-electron chi connectivity index (χ2n) is 3.59. The number of hydrogen-bond acceptors (Lipinski definition) is 5. The van der Waals surface area contributed by atoms with Gasteiger partial charge in [-0.1, -0.05) is 0 Å². The van der Waals surface area contributed by atoms with E-state index < -0.39 is 17.7 Å². The van der Waals surface area contributed by atoms with Gasteiger partial charge in [-0.3, -0.25) is 0 Å². The van der Waals surface area contributed by atoms with Gasteiger partial charge in [0.2, 0.25) is 0 Å². The maximum atomic E-state index is 10.7. The summed E-state index contributed by atoms with van der Waals surface area (Å²) in [6.07, 6.45) is 0.657. The Morgan fingerprint density at radius 3 is 2.08 bits per heavy atom. The van der Waals surface area contributed by atoms with Gasteiger partial charge in [0.25, 0.3) is 5.79 Å². The molecule has 5 heteroatoms. The van der Waals surface area contributed by atoms with Gasteiger partial charge >= 0.3 is 11.9 Å². The van der Waals surface area contributed by atoms with Crippen molar-refractivity contribution in [2.75, 3.05) is 13.1 Å². The number of ether oxygens (including phenoxy) is 2. The van der Waals surface area contributed by atoms with Crippen LogP contribution in [0.4, 0.5) is 0 Å². The van der Waals surface area contributed by atoms with E-state index in [-0.39, 0.29) is 5.41 Å². The van der Waals surface area contributed by atoms with Crippen molar-refractivity contribution in [1.82, 2.24) is 5.32 Å². The third kappa shape index (κ3) is 0.483. The summed E-state index contributed by atoms with van der Waals surface area (Å²) >= 11 is 0. The SMILES string of the molecule is O=C1OC2(CC23CNC3)OC1=O. The lowest BCUT2D eigenvalue weighted by Crippen LogP contribution is -2.49. The third-order valence-corrected chi connectivity index (χ3v) is 2.86. The smallest absolute Gasteiger partial charge is 0.413 e. The van der Waals surface area contributed by atoms with E-state index in [1.165, 1.54) is 0 Å². The molecule has 0 aromatic heterocycles. The van der Waals surface area contributed by atoms with E-state index in [0.29, 0.717) is 6.42 Å². The molecular formula is C7H7NO4. The van der Waals surface area contributed by atoms with Crippen LogP contribution in [-0.2, 0) is 19.1 Å². The molecule has 0 aromatic rings. The topological polar surface area (TPSA) is 64.6 Å². The molecule has 64 valence electrons. The normalized spacial score (nSPS) is 33.0. The maximum Gasteiger partial charge on any atom is 0.420 e. The number of fused-ring (bicyclic) bond motifs is 1. The fraction of sp³-hybridized carbons (Fsp3) is 0.714. The largest absolute Gasteiger partial charge is 0.420 e. The summed E-state index contributed by atoms with van der Waals surface area (Å²) in [7, 11) is 0. The molecule has 3 rings (SSSR count). The highest BCUT2D eigenvalue weighted by Gasteiger charge is 2.80. The highest BCUT2D eigenvalue weighted by molar-refractivity contribution is 6.31. The Morgan fingerprint density at radius 1 is 1.17 bits per heavy atom. The zero-order valence-corrected chi connectivity index (χ0v) is 6.25. The summed E-state index contributed by atoms with van der Waals surface area (Å²) in [5, 5.41) is 3.06. The Kier molecular flexibility index (Phi) is 0.800. The molecule has 0 unspecified atom stereocenters. The molecule has 1 N–H and O–H groups in total. The Balaban J connectivity index is 1.89. The van der Waals surface area contributed by atoms with Gasteiger partial charge in [0.1, 0.15) is 0 Å². The minimum Gasteiger partial charge on any atom is -0.413 e. The van der Waals surface area contributed by atoms with Crippen LogP contribution in [-0.4, -0.2) is 30.8 Å². The molecule has 2 saturated heterocycles. The van der Waals surface area contributed by atoms with Crippen molar-refractivity contribution in [3.8, 4) is 0 Å². The molecule has 0 atom stereocenters. The quantitative estimate of drug-likeness (QED) is 0.363. The molecule has 0 bridgehead atoms. The van der Waals surface area contributed by atoms with Crippen LogP contribution in [0.5, 0.6) is 0 Å². The summed E-state index contributed by atoms with van der Waals surface area (Å²) in [4.78, 5) is 21.5. The summed E-state index contributed by atoms with van der Waals surface area (Å²) in [6, 6.07) is 0. The highest BCUT2D eigenvalue weighted by atomic mass is 16.8. The Hall–Kier alpha value is -1.10. The van der Waals surface area contributed by atoms with E-state index in [1.807, 2.05) is 0 Å². The monoisotopic (exact) mass is 169 g/mol. The first-order valence-electron chi connectivity index (χ1n) is 3.85. The van der Waals surface area contributed by atoms with Gasteiger partial charge in [-0.05, 0) is 0 Å². The number of carbonyl (C=O) groups excluding carboxylic acids is 2. The van der Waals surface area contributed by atoms with Crippen molar-refractivity contribution in [3.05, 3.63) is 0 Å². The van der Waals surface area contributed by atoms with E-state index in [2.05, 4.69) is 5.32 Å². The van der Waals surface area contributed by atoms with Crippen molar-refractivity contribution in [3.63, 3.8) is 0 Å². The second-order valence-corrected chi connectivity index (χ2v) is 3.59. The molecule has 0 amide bonds. The minimum atomic E-state index is -0.883. The Labute approximate surface area is 68.0 Å². The molecule has 2 heterocycles. The van der Waals surface area contributed by atoms with E-state index in [1.54, 1.807) is 0 Å². The molecule has 0 aromatic carbocycles. The molecule has 5 nitrogen and oxygen atoms in total. The predicted octanol–water partition coefficient (Wildman–Crippen LogP) is -1.22. The van der Waals surface area contributed by atoms with Gasteiger partial charge in [-0.2, -0.15) is 0 Å². The van der Waals surface area contributed by atoms with Gasteiger partial charge in [-0.15, -0.1) is 0 Å². The molecule has 3 aliphatic rings. The minimum absolute atomic E-state index is 0.0885. The van der Waals surface area contributed by atoms with Gasteiger partial charge in [0.05, 0.1) is 5.41 Å². The lowest BCUT2D eigenvalue weighted by Gasteiger charge is -2.29. The number of rotatable bonds is 0. The third-order valence-electron chi connectivity index (χ3n) is 2.86. The van der Waals surface area contributed by atoms with Crippen molar-refractivity contribution in [2.45, 2.75) is 12.2 Å². The number of hydrogen-bond donors (Lipinski definition) is 1. The van der Waals surface area contributed by atoms with Crippen LogP contribution in [0.1, 0.15) is 6.42 Å². The van der Waals surface area contributed by atoms with Crippen LogP contribution < -0.4 is 5.32 Å². The van der Waals surface area contributed by atoms with Crippen molar-refractivity contribution in [1.29, 1.82) is 0 Å². The summed E-state index contributed by atoms with van der Waals surface area (Å²) < 4.78 is 9.76. The standard InChI is InChI=1S/C7H7NO4/c9-4-5(10)12-7(11-4)1-6(7)2-8-3-6/h8H,1-3H2. The van der Waals surface area contributed by atoms with E-state index >= 15 is 0 Å². The van der Waals surface area contributed by atoms with Crippen LogP contribution in [0, 0.1) is 5.41 Å². The number of carbonyl (C=O) groups is 2. The van der Waals surface area contributed by atoms with Crippen molar-refractivity contribution < 1.29 is 19.1 Å². The lowest BCUT2D eigenvalue weighted by atomic mass is 9.99. The fourth-order valence-corrected chi connectivity index (χ4v) is 1.91. The van der Waals surface area contributed by atoms with Gasteiger partial charge in [0, 0.05) is 19.5 Å². The molecule has 2 aliphatic heterocycles. The first kappa shape index (κ1) is 6.42. The average molecular weight is 169 g/mol. The summed E-state index contributed by atoms with van der Waals surface area (Å²) in [5.74, 6) is -2.58. The van der Waals surface area contributed by atoms with Gasteiger partial charge in [0.15, 0.2) is 0 Å². The first-order chi connectivity index (χ1) is 5.68. The molecule has 2 spiro atoms. The summed E-state index contributed by atoms with van der Waals surface area (Å²) in [6.45, 7) is 1.54. The molecule has 1 saturated carbocycles. The zero-order chi connectivity index (χ0) is 8.40. The molecule has 1 aliphatic carbocycles. The molecule has 3 fully saturated rings. The molecule has 12 heavy (non-hydrogen) atoms. The first-order valence-corrected chi connectivity index (χ1v) is 3.85. The van der Waals surface area contributed by atoms with E-state index in [4.69, 9.17) is 9.47 Å². The fourth-order valence-electron chi connectivity index (χ4n) is 1.91. The van der Waals surface area contributed by atoms with Crippen molar-refractivity contribution >= 4 is 11.9 Å². The maximum absolute atomic E-state index is 10.7. The van der Waals surface area contributed by atoms with E-state index in [9.17, 15) is 9.59 Å². The van der Waals surface area contributed by atoms with Gasteiger partial charge < -0.3 is 14.8 Å². The van der Waals surface area contributed by atoms with Crippen LogP contribution in [0.25, 0.3) is 0 Å². The zero-order valence-electron chi connectivity index (χ0n) is 6.25. The van der Waals surface area contributed by atoms with Crippen LogP contribution in [0.2, 0.25) is 0 Å². The number of nitrogens with one attached hydrogen (secondary N) is 1.